The number of thiazole rings is 1. The van der Waals surface area contributed by atoms with Crippen molar-refractivity contribution in [2.45, 2.75) is 32.7 Å². The van der Waals surface area contributed by atoms with Crippen molar-refractivity contribution in [2.24, 2.45) is 5.73 Å². The number of esters is 1. The molecule has 0 spiro atoms. The van der Waals surface area contributed by atoms with Gasteiger partial charge in [0.25, 0.3) is 0 Å². The monoisotopic (exact) mass is 347 g/mol. The van der Waals surface area contributed by atoms with E-state index in [1.165, 1.54) is 0 Å². The van der Waals surface area contributed by atoms with Crippen LogP contribution in [0.4, 0.5) is 5.13 Å². The van der Waals surface area contributed by atoms with Gasteiger partial charge in [-0.3, -0.25) is 4.79 Å². The van der Waals surface area contributed by atoms with E-state index < -0.39 is 12.0 Å². The summed E-state index contributed by atoms with van der Waals surface area (Å²) in [4.78, 5) is 29.0. The maximum absolute atomic E-state index is 12.2. The molecular formula is C17H21N3O3S. The predicted octanol–water partition coefficient (Wildman–Crippen LogP) is 3.05. The molecule has 2 rings (SSSR count). The molecule has 1 aromatic heterocycles. The van der Waals surface area contributed by atoms with Gasteiger partial charge >= 0.3 is 5.97 Å². The minimum atomic E-state index is -0.592. The summed E-state index contributed by atoms with van der Waals surface area (Å²) in [5, 5.41) is 3.03. The lowest BCUT2D eigenvalue weighted by atomic mass is 10.1. The predicted molar refractivity (Wildman–Crippen MR) is 95.0 cm³/mol. The minimum absolute atomic E-state index is 0.272. The number of hydrogen-bond donors (Lipinski definition) is 2. The molecule has 128 valence electrons. The number of nitrogens with one attached hydrogen (secondary N) is 1. The molecule has 1 amide bonds. The molecule has 1 aromatic carbocycles. The molecule has 0 bridgehead atoms. The molecule has 0 aliphatic heterocycles. The van der Waals surface area contributed by atoms with Crippen LogP contribution in [0.1, 0.15) is 36.4 Å². The van der Waals surface area contributed by atoms with E-state index in [1.54, 1.807) is 6.92 Å². The van der Waals surface area contributed by atoms with E-state index >= 15 is 0 Å². The first kappa shape index (κ1) is 18.1. The first-order valence-electron chi connectivity index (χ1n) is 7.86. The van der Waals surface area contributed by atoms with Crippen LogP contribution >= 0.6 is 11.3 Å². The van der Waals surface area contributed by atoms with Crippen LogP contribution in [0.2, 0.25) is 0 Å². The molecule has 0 saturated carbocycles. The zero-order valence-corrected chi connectivity index (χ0v) is 14.6. The van der Waals surface area contributed by atoms with Gasteiger partial charge in [0.1, 0.15) is 4.88 Å². The smallest absolute Gasteiger partial charge is 0.350 e. The molecule has 0 aliphatic carbocycles. The Morgan fingerprint density at radius 1 is 1.29 bits per heavy atom. The molecule has 1 atom stereocenters. The summed E-state index contributed by atoms with van der Waals surface area (Å²) in [7, 11) is 0. The summed E-state index contributed by atoms with van der Waals surface area (Å²) < 4.78 is 5.09. The van der Waals surface area contributed by atoms with Gasteiger partial charge < -0.3 is 15.8 Å². The topological polar surface area (TPSA) is 94.3 Å². The lowest BCUT2D eigenvalue weighted by Gasteiger charge is -2.08. The molecule has 24 heavy (non-hydrogen) atoms. The SMILES string of the molecule is CCCC(N)C(=O)Nc1nc(-c2ccccc2)c(C(=O)OCC)s1. The van der Waals surface area contributed by atoms with Crippen LogP contribution < -0.4 is 11.1 Å². The van der Waals surface area contributed by atoms with E-state index in [2.05, 4.69) is 10.3 Å². The average molecular weight is 347 g/mol. The third-order valence-electron chi connectivity index (χ3n) is 3.30. The molecule has 6 nitrogen and oxygen atoms in total. The van der Waals surface area contributed by atoms with Crippen LogP contribution in [0.5, 0.6) is 0 Å². The number of ether oxygens (including phenoxy) is 1. The second-order valence-corrected chi connectivity index (χ2v) is 6.17. The van der Waals surface area contributed by atoms with E-state index in [9.17, 15) is 9.59 Å². The number of nitrogens with two attached hydrogens (primary N) is 1. The molecule has 0 aliphatic rings. The quantitative estimate of drug-likeness (QED) is 0.751. The molecule has 2 aromatic rings. The summed E-state index contributed by atoms with van der Waals surface area (Å²) in [5.41, 5.74) is 7.10. The Hall–Kier alpha value is -2.25. The first-order valence-corrected chi connectivity index (χ1v) is 8.68. The Kier molecular flexibility index (Phi) is 6.45. The largest absolute Gasteiger partial charge is 0.462 e. The number of benzene rings is 1. The Balaban J connectivity index is 2.31. The van der Waals surface area contributed by atoms with E-state index in [1.807, 2.05) is 37.3 Å². The fourth-order valence-corrected chi connectivity index (χ4v) is 3.02. The lowest BCUT2D eigenvalue weighted by molar-refractivity contribution is -0.117. The summed E-state index contributed by atoms with van der Waals surface area (Å²) in [6, 6.07) is 8.72. The van der Waals surface area contributed by atoms with Gasteiger partial charge in [0.05, 0.1) is 18.3 Å². The summed E-state index contributed by atoms with van der Waals surface area (Å²) >= 11 is 1.09. The fraction of sp³-hybridized carbons (Fsp3) is 0.353. The second-order valence-electron chi connectivity index (χ2n) is 5.17. The van der Waals surface area contributed by atoms with Crippen molar-refractivity contribution >= 4 is 28.3 Å². The van der Waals surface area contributed by atoms with Crippen molar-refractivity contribution in [2.75, 3.05) is 11.9 Å². The highest BCUT2D eigenvalue weighted by molar-refractivity contribution is 7.18. The van der Waals surface area contributed by atoms with Crippen molar-refractivity contribution in [3.05, 3.63) is 35.2 Å². The fourth-order valence-electron chi connectivity index (χ4n) is 2.14. The number of anilines is 1. The van der Waals surface area contributed by atoms with Crippen LogP contribution in [0.15, 0.2) is 30.3 Å². The number of nitrogens with zero attached hydrogens (tertiary/aromatic N) is 1. The van der Waals surface area contributed by atoms with E-state index in [0.717, 1.165) is 23.3 Å². The van der Waals surface area contributed by atoms with Gasteiger partial charge in [-0.2, -0.15) is 0 Å². The standard InChI is InChI=1S/C17H21N3O3S/c1-3-8-12(18)15(21)20-17-19-13(11-9-6-5-7-10-11)14(24-17)16(22)23-4-2/h5-7,9-10,12H,3-4,8,18H2,1-2H3,(H,19,20,21). The van der Waals surface area contributed by atoms with Gasteiger partial charge in [-0.25, -0.2) is 9.78 Å². The maximum atomic E-state index is 12.2. The molecule has 1 unspecified atom stereocenters. The Labute approximate surface area is 145 Å². The number of hydrogen-bond acceptors (Lipinski definition) is 6. The number of carbonyl (C=O) groups excluding carboxylic acids is 2. The Bertz CT molecular complexity index is 700. The normalized spacial score (nSPS) is 11.8. The van der Waals surface area contributed by atoms with E-state index in [4.69, 9.17) is 10.5 Å². The van der Waals surface area contributed by atoms with Crippen LogP contribution in [0, 0.1) is 0 Å². The molecular weight excluding hydrogens is 326 g/mol. The molecule has 0 saturated heterocycles. The van der Waals surface area contributed by atoms with Crippen molar-refractivity contribution < 1.29 is 14.3 Å². The zero-order chi connectivity index (χ0) is 17.5. The van der Waals surface area contributed by atoms with Crippen LogP contribution in [0.3, 0.4) is 0 Å². The zero-order valence-electron chi connectivity index (χ0n) is 13.7. The summed E-state index contributed by atoms with van der Waals surface area (Å²) in [6.45, 7) is 3.98. The van der Waals surface area contributed by atoms with Crippen LogP contribution in [0.25, 0.3) is 11.3 Å². The maximum Gasteiger partial charge on any atom is 0.350 e. The lowest BCUT2D eigenvalue weighted by Crippen LogP contribution is -2.35. The van der Waals surface area contributed by atoms with Crippen molar-refractivity contribution in [1.82, 2.24) is 4.98 Å². The van der Waals surface area contributed by atoms with E-state index in [0.29, 0.717) is 22.1 Å². The summed E-state index contributed by atoms with van der Waals surface area (Å²) in [5.74, 6) is -0.757. The van der Waals surface area contributed by atoms with Crippen molar-refractivity contribution in [1.29, 1.82) is 0 Å². The van der Waals surface area contributed by atoms with Crippen molar-refractivity contribution in [3.63, 3.8) is 0 Å². The molecule has 0 radical (unpaired) electrons. The number of amides is 1. The van der Waals surface area contributed by atoms with Gasteiger partial charge in [-0.15, -0.1) is 0 Å². The average Bonchev–Trinajstić information content (AvgIpc) is 3.00. The van der Waals surface area contributed by atoms with Crippen LogP contribution in [-0.4, -0.2) is 29.5 Å². The van der Waals surface area contributed by atoms with Crippen molar-refractivity contribution in [3.8, 4) is 11.3 Å². The van der Waals surface area contributed by atoms with Crippen LogP contribution in [-0.2, 0) is 9.53 Å². The van der Waals surface area contributed by atoms with Gasteiger partial charge in [-0.05, 0) is 13.3 Å². The third kappa shape index (κ3) is 4.39. The number of rotatable bonds is 7. The van der Waals surface area contributed by atoms with Gasteiger partial charge in [0.15, 0.2) is 5.13 Å². The minimum Gasteiger partial charge on any atom is -0.462 e. The first-order chi connectivity index (χ1) is 11.6. The highest BCUT2D eigenvalue weighted by Crippen LogP contribution is 2.31. The molecule has 3 N–H and O–H groups in total. The Morgan fingerprint density at radius 2 is 2.00 bits per heavy atom. The summed E-state index contributed by atoms with van der Waals surface area (Å²) in [6.07, 6.45) is 1.41. The van der Waals surface area contributed by atoms with Gasteiger partial charge in [0.2, 0.25) is 5.91 Å². The number of carbonyl (C=O) groups is 2. The Morgan fingerprint density at radius 3 is 2.62 bits per heavy atom. The van der Waals surface area contributed by atoms with Gasteiger partial charge in [0, 0.05) is 5.56 Å². The second kappa shape index (κ2) is 8.56. The van der Waals surface area contributed by atoms with Gasteiger partial charge in [-0.1, -0.05) is 55.0 Å². The third-order valence-corrected chi connectivity index (χ3v) is 4.25. The molecule has 1 heterocycles. The number of aromatic nitrogens is 1. The van der Waals surface area contributed by atoms with E-state index in [-0.39, 0.29) is 12.5 Å². The molecule has 0 fully saturated rings. The highest BCUT2D eigenvalue weighted by atomic mass is 32.1. The molecule has 7 heteroatoms. The highest BCUT2D eigenvalue weighted by Gasteiger charge is 2.22.